The van der Waals surface area contributed by atoms with Gasteiger partial charge in [-0.1, -0.05) is 11.6 Å². The number of hydrogen-bond donors (Lipinski definition) is 1. The number of aliphatic imine (C=N–C) groups is 1. The van der Waals surface area contributed by atoms with Crippen molar-refractivity contribution in [2.45, 2.75) is 19.8 Å². The van der Waals surface area contributed by atoms with Crippen molar-refractivity contribution in [1.29, 1.82) is 0 Å². The Labute approximate surface area is 121 Å². The van der Waals surface area contributed by atoms with Gasteiger partial charge < -0.3 is 15.5 Å². The first-order valence-electron chi connectivity index (χ1n) is 6.97. The molecule has 5 heteroatoms. The van der Waals surface area contributed by atoms with Gasteiger partial charge in [0.15, 0.2) is 0 Å². The molecule has 0 saturated carbocycles. The predicted octanol–water partition coefficient (Wildman–Crippen LogP) is 1.23. The van der Waals surface area contributed by atoms with E-state index in [0.29, 0.717) is 18.2 Å². The van der Waals surface area contributed by atoms with Gasteiger partial charge >= 0.3 is 0 Å². The van der Waals surface area contributed by atoms with Crippen molar-refractivity contribution in [2.24, 2.45) is 16.6 Å². The normalized spacial score (nSPS) is 21.5. The van der Waals surface area contributed by atoms with Crippen LogP contribution in [0.5, 0.6) is 0 Å². The first-order valence-corrected chi connectivity index (χ1v) is 6.97. The Hall–Kier alpha value is -1.62. The van der Waals surface area contributed by atoms with Gasteiger partial charge in [-0.15, -0.1) is 0 Å². The van der Waals surface area contributed by atoms with E-state index in [0.717, 1.165) is 26.1 Å². The van der Waals surface area contributed by atoms with Gasteiger partial charge in [0, 0.05) is 26.1 Å². The summed E-state index contributed by atoms with van der Waals surface area (Å²) in [5.41, 5.74) is 6.75. The second-order valence-electron chi connectivity index (χ2n) is 5.53. The van der Waals surface area contributed by atoms with E-state index in [9.17, 15) is 4.79 Å². The Balaban J connectivity index is 2.54. The number of amides is 1. The van der Waals surface area contributed by atoms with E-state index in [1.54, 1.807) is 6.08 Å². The number of piperidine rings is 1. The molecule has 2 N–H and O–H groups in total. The van der Waals surface area contributed by atoms with Crippen molar-refractivity contribution in [3.05, 3.63) is 23.5 Å². The summed E-state index contributed by atoms with van der Waals surface area (Å²) in [6, 6.07) is 0. The van der Waals surface area contributed by atoms with E-state index in [-0.39, 0.29) is 5.91 Å². The average Bonchev–Trinajstić information content (AvgIpc) is 2.42. The molecule has 1 saturated heterocycles. The minimum Gasteiger partial charge on any atom is -0.384 e. The third-order valence-electron chi connectivity index (χ3n) is 3.68. The lowest BCUT2D eigenvalue weighted by atomic mass is 9.89. The maximum absolute atomic E-state index is 12.1. The highest BCUT2D eigenvalue weighted by Crippen LogP contribution is 2.25. The third kappa shape index (κ3) is 5.17. The Kier molecular flexibility index (Phi) is 6.45. The lowest BCUT2D eigenvalue weighted by Crippen LogP contribution is -2.42. The van der Waals surface area contributed by atoms with Crippen LogP contribution in [0, 0.1) is 5.92 Å². The summed E-state index contributed by atoms with van der Waals surface area (Å²) in [7, 11) is 4.04. The minimum absolute atomic E-state index is 0.245. The van der Waals surface area contributed by atoms with Crippen LogP contribution in [0.2, 0.25) is 0 Å². The number of carbonyl (C=O) groups excluding carboxylic acids is 1. The van der Waals surface area contributed by atoms with Gasteiger partial charge in [-0.05, 0) is 46.2 Å². The SMILES string of the molecule is C=N/C(N)=C\C=C(/C)C1CCN(CCN(C)C)C(=O)C1. The highest BCUT2D eigenvalue weighted by molar-refractivity contribution is 5.77. The van der Waals surface area contributed by atoms with E-state index >= 15 is 0 Å². The van der Waals surface area contributed by atoms with Gasteiger partial charge in [-0.2, -0.15) is 0 Å². The molecule has 112 valence electrons. The monoisotopic (exact) mass is 278 g/mol. The lowest BCUT2D eigenvalue weighted by Gasteiger charge is -2.32. The zero-order valence-corrected chi connectivity index (χ0v) is 12.8. The van der Waals surface area contributed by atoms with Crippen LogP contribution in [-0.2, 0) is 4.79 Å². The summed E-state index contributed by atoms with van der Waals surface area (Å²) in [5.74, 6) is 0.959. The summed E-state index contributed by atoms with van der Waals surface area (Å²) >= 11 is 0. The van der Waals surface area contributed by atoms with E-state index in [2.05, 4.69) is 16.6 Å². The van der Waals surface area contributed by atoms with E-state index in [4.69, 9.17) is 5.73 Å². The van der Waals surface area contributed by atoms with E-state index in [1.807, 2.05) is 32.0 Å². The summed E-state index contributed by atoms with van der Waals surface area (Å²) < 4.78 is 0. The number of nitrogens with zero attached hydrogens (tertiary/aromatic N) is 3. The molecule has 0 aliphatic carbocycles. The predicted molar refractivity (Wildman–Crippen MR) is 83.4 cm³/mol. The van der Waals surface area contributed by atoms with E-state index < -0.39 is 0 Å². The van der Waals surface area contributed by atoms with E-state index in [1.165, 1.54) is 5.57 Å². The molecule has 0 spiro atoms. The van der Waals surface area contributed by atoms with Gasteiger partial charge in [0.25, 0.3) is 0 Å². The maximum atomic E-state index is 12.1. The molecule has 1 aliphatic heterocycles. The number of rotatable bonds is 6. The third-order valence-corrected chi connectivity index (χ3v) is 3.68. The fourth-order valence-electron chi connectivity index (χ4n) is 2.23. The fraction of sp³-hybridized carbons (Fsp3) is 0.600. The van der Waals surface area contributed by atoms with Crippen LogP contribution < -0.4 is 5.73 Å². The van der Waals surface area contributed by atoms with Crippen molar-refractivity contribution >= 4 is 12.6 Å². The van der Waals surface area contributed by atoms with Crippen LogP contribution in [0.15, 0.2) is 28.5 Å². The average molecular weight is 278 g/mol. The summed E-state index contributed by atoms with van der Waals surface area (Å²) in [5, 5.41) is 0. The number of likely N-dealkylation sites (tertiary alicyclic amines) is 1. The molecule has 1 amide bonds. The molecule has 0 aromatic heterocycles. The van der Waals surface area contributed by atoms with Crippen molar-refractivity contribution in [1.82, 2.24) is 9.80 Å². The second kappa shape index (κ2) is 7.85. The van der Waals surface area contributed by atoms with Gasteiger partial charge in [-0.3, -0.25) is 4.79 Å². The van der Waals surface area contributed by atoms with Crippen molar-refractivity contribution in [2.75, 3.05) is 33.7 Å². The molecule has 1 rings (SSSR count). The van der Waals surface area contributed by atoms with Gasteiger partial charge in [0.05, 0.1) is 0 Å². The number of allylic oxidation sites excluding steroid dienone is 3. The standard InChI is InChI=1S/C15H26N4O/c1-12(5-6-14(16)17-2)13-7-8-19(15(20)11-13)10-9-18(3)4/h5-6,13H,2,7-11,16H2,1,3-4H3/b12-5+,14-6-. The molecule has 5 nitrogen and oxygen atoms in total. The molecule has 1 heterocycles. The van der Waals surface area contributed by atoms with Gasteiger partial charge in [0.1, 0.15) is 5.82 Å². The minimum atomic E-state index is 0.245. The topological polar surface area (TPSA) is 61.9 Å². The van der Waals surface area contributed by atoms with Crippen molar-refractivity contribution < 1.29 is 4.79 Å². The Bertz CT molecular complexity index is 412. The molecular formula is C15H26N4O. The molecule has 0 aromatic rings. The smallest absolute Gasteiger partial charge is 0.223 e. The Morgan fingerprint density at radius 2 is 2.25 bits per heavy atom. The highest BCUT2D eigenvalue weighted by atomic mass is 16.2. The molecule has 1 fully saturated rings. The van der Waals surface area contributed by atoms with Crippen LogP contribution in [-0.4, -0.2) is 56.2 Å². The first kappa shape index (κ1) is 16.4. The summed E-state index contributed by atoms with van der Waals surface area (Å²) in [6.45, 7) is 7.97. The zero-order valence-electron chi connectivity index (χ0n) is 12.8. The number of carbonyl (C=O) groups is 1. The second-order valence-corrected chi connectivity index (χ2v) is 5.53. The Morgan fingerprint density at radius 1 is 1.55 bits per heavy atom. The van der Waals surface area contributed by atoms with Crippen LogP contribution in [0.3, 0.4) is 0 Å². The molecule has 1 atom stereocenters. The van der Waals surface area contributed by atoms with Gasteiger partial charge in [-0.25, -0.2) is 4.99 Å². The van der Waals surface area contributed by atoms with Crippen LogP contribution in [0.1, 0.15) is 19.8 Å². The molecule has 0 bridgehead atoms. The van der Waals surface area contributed by atoms with Gasteiger partial charge in [0.2, 0.25) is 5.91 Å². The van der Waals surface area contributed by atoms with Crippen molar-refractivity contribution in [3.8, 4) is 0 Å². The number of hydrogen-bond acceptors (Lipinski definition) is 4. The molecule has 0 aromatic carbocycles. The quantitative estimate of drug-likeness (QED) is 0.587. The van der Waals surface area contributed by atoms with Crippen LogP contribution >= 0.6 is 0 Å². The molecule has 1 unspecified atom stereocenters. The van der Waals surface area contributed by atoms with Crippen LogP contribution in [0.25, 0.3) is 0 Å². The number of likely N-dealkylation sites (N-methyl/N-ethyl adjacent to an activating group) is 1. The van der Waals surface area contributed by atoms with Crippen LogP contribution in [0.4, 0.5) is 0 Å². The first-order chi connectivity index (χ1) is 9.43. The fourth-order valence-corrected chi connectivity index (χ4v) is 2.23. The summed E-state index contributed by atoms with van der Waals surface area (Å²) in [4.78, 5) is 19.8. The molecule has 20 heavy (non-hydrogen) atoms. The zero-order chi connectivity index (χ0) is 15.1. The largest absolute Gasteiger partial charge is 0.384 e. The number of nitrogens with two attached hydrogens (primary N) is 1. The molecule has 0 radical (unpaired) electrons. The maximum Gasteiger partial charge on any atom is 0.223 e. The van der Waals surface area contributed by atoms with Crippen molar-refractivity contribution in [3.63, 3.8) is 0 Å². The highest BCUT2D eigenvalue weighted by Gasteiger charge is 2.26. The molecular weight excluding hydrogens is 252 g/mol. The Morgan fingerprint density at radius 3 is 2.80 bits per heavy atom. The molecule has 1 aliphatic rings. The summed E-state index contributed by atoms with van der Waals surface area (Å²) in [6.07, 6.45) is 5.28. The lowest BCUT2D eigenvalue weighted by molar-refractivity contribution is -0.134.